The minimum Gasteiger partial charge on any atom is -0.506 e. The zero-order valence-electron chi connectivity index (χ0n) is 17.8. The van der Waals surface area contributed by atoms with Gasteiger partial charge in [-0.25, -0.2) is 9.59 Å². The van der Waals surface area contributed by atoms with Gasteiger partial charge in [0.15, 0.2) is 0 Å². The number of hydrogen-bond donors (Lipinski definition) is 2. The van der Waals surface area contributed by atoms with E-state index in [1.807, 2.05) is 0 Å². The number of carboxylic acids is 1. The van der Waals surface area contributed by atoms with Gasteiger partial charge in [-0.15, -0.1) is 0 Å². The first kappa shape index (κ1) is 24.4. The molecule has 0 bridgehead atoms. The van der Waals surface area contributed by atoms with Crippen LogP contribution in [-0.4, -0.2) is 29.3 Å². The minimum atomic E-state index is -4.89. The Morgan fingerprint density at radius 3 is 2.00 bits per heavy atom. The Bertz CT molecular complexity index is 1230. The number of phenols is 1. The second-order valence-corrected chi connectivity index (χ2v) is 7.16. The van der Waals surface area contributed by atoms with Gasteiger partial charge >= 0.3 is 18.1 Å². The minimum absolute atomic E-state index is 0.108. The Morgan fingerprint density at radius 2 is 1.50 bits per heavy atom. The molecule has 3 aromatic carbocycles. The molecule has 0 aliphatic carbocycles. The van der Waals surface area contributed by atoms with E-state index in [4.69, 9.17) is 4.74 Å². The lowest BCUT2D eigenvalue weighted by molar-refractivity contribution is -0.138. The van der Waals surface area contributed by atoms with Gasteiger partial charge in [0.1, 0.15) is 23.7 Å². The lowest BCUT2D eigenvalue weighted by Crippen LogP contribution is -2.12. The summed E-state index contributed by atoms with van der Waals surface area (Å²) < 4.78 is 49.0. The van der Waals surface area contributed by atoms with Crippen LogP contribution < -0.4 is 4.74 Å². The lowest BCUT2D eigenvalue weighted by atomic mass is 10.0. The average Bonchev–Trinajstić information content (AvgIpc) is 2.81. The summed E-state index contributed by atoms with van der Waals surface area (Å²) in [7, 11) is 1.27. The Morgan fingerprint density at radius 1 is 0.941 bits per heavy atom. The quantitative estimate of drug-likeness (QED) is 0.346. The number of rotatable bonds is 7. The van der Waals surface area contributed by atoms with Gasteiger partial charge in [-0.1, -0.05) is 49.0 Å². The number of alkyl halides is 3. The first-order chi connectivity index (χ1) is 16.0. The molecule has 3 rings (SSSR count). The van der Waals surface area contributed by atoms with Crippen LogP contribution in [0.4, 0.5) is 13.2 Å². The summed E-state index contributed by atoms with van der Waals surface area (Å²) >= 11 is 0. The van der Waals surface area contributed by atoms with Gasteiger partial charge in [-0.2, -0.15) is 13.2 Å². The standard InChI is InChI=1S/C25H19F3O6/c1-14(24(32)33-2)15-3-5-16(6-4-15)17-7-10-19(11-8-17)34-13-18-9-12-20(25(26,27)28)22(29)21(18)23(30)31/h3-12,29H,1,13H2,2H3,(H,30,31). The van der Waals surface area contributed by atoms with Gasteiger partial charge in [0.2, 0.25) is 0 Å². The van der Waals surface area contributed by atoms with E-state index < -0.39 is 35.0 Å². The van der Waals surface area contributed by atoms with E-state index in [0.29, 0.717) is 17.4 Å². The topological polar surface area (TPSA) is 93.1 Å². The summed E-state index contributed by atoms with van der Waals surface area (Å²) in [6.07, 6.45) is -4.89. The first-order valence-corrected chi connectivity index (χ1v) is 9.79. The second-order valence-electron chi connectivity index (χ2n) is 7.16. The molecule has 6 nitrogen and oxygen atoms in total. The molecular formula is C25H19F3O6. The summed E-state index contributed by atoms with van der Waals surface area (Å²) in [5.74, 6) is -3.23. The number of carboxylic acid groups (broad SMARTS) is 1. The van der Waals surface area contributed by atoms with Crippen LogP contribution >= 0.6 is 0 Å². The Kier molecular flexibility index (Phi) is 6.95. The Labute approximate surface area is 192 Å². The summed E-state index contributed by atoms with van der Waals surface area (Å²) in [5, 5.41) is 19.1. The highest BCUT2D eigenvalue weighted by molar-refractivity contribution is 6.15. The summed E-state index contributed by atoms with van der Waals surface area (Å²) in [6.45, 7) is 3.33. The van der Waals surface area contributed by atoms with Crippen molar-refractivity contribution in [3.05, 3.63) is 89.5 Å². The molecule has 34 heavy (non-hydrogen) atoms. The number of halogens is 3. The number of carbonyl (C=O) groups is 2. The lowest BCUT2D eigenvalue weighted by Gasteiger charge is -2.15. The van der Waals surface area contributed by atoms with E-state index in [1.54, 1.807) is 48.5 Å². The highest BCUT2D eigenvalue weighted by Gasteiger charge is 2.36. The molecule has 0 saturated carbocycles. The van der Waals surface area contributed by atoms with Gasteiger partial charge < -0.3 is 19.7 Å². The van der Waals surface area contributed by atoms with Crippen molar-refractivity contribution in [1.82, 2.24) is 0 Å². The van der Waals surface area contributed by atoms with Crippen molar-refractivity contribution in [3.63, 3.8) is 0 Å². The molecule has 0 saturated heterocycles. The second kappa shape index (κ2) is 9.70. The van der Waals surface area contributed by atoms with Gasteiger partial charge in [-0.3, -0.25) is 0 Å². The Hall–Kier alpha value is -4.27. The van der Waals surface area contributed by atoms with Gasteiger partial charge in [0, 0.05) is 5.56 Å². The zero-order valence-corrected chi connectivity index (χ0v) is 17.8. The van der Waals surface area contributed by atoms with Crippen LogP contribution in [0, 0.1) is 0 Å². The Balaban J connectivity index is 1.75. The molecule has 0 atom stereocenters. The van der Waals surface area contributed by atoms with Crippen LogP contribution in [0.25, 0.3) is 16.7 Å². The fourth-order valence-corrected chi connectivity index (χ4v) is 3.23. The van der Waals surface area contributed by atoms with Crippen molar-refractivity contribution in [1.29, 1.82) is 0 Å². The molecule has 0 spiro atoms. The maximum atomic E-state index is 13.0. The molecule has 2 N–H and O–H groups in total. The molecule has 0 fully saturated rings. The smallest absolute Gasteiger partial charge is 0.419 e. The van der Waals surface area contributed by atoms with Crippen LogP contribution in [0.5, 0.6) is 11.5 Å². The predicted octanol–water partition coefficient (Wildman–Crippen LogP) is 5.54. The van der Waals surface area contributed by atoms with Gasteiger partial charge in [-0.05, 0) is 34.9 Å². The van der Waals surface area contributed by atoms with Crippen molar-refractivity contribution < 1.29 is 42.4 Å². The van der Waals surface area contributed by atoms with Crippen molar-refractivity contribution in [2.75, 3.05) is 7.11 Å². The van der Waals surface area contributed by atoms with Crippen molar-refractivity contribution >= 4 is 17.5 Å². The van der Waals surface area contributed by atoms with E-state index in [-0.39, 0.29) is 17.7 Å². The monoisotopic (exact) mass is 472 g/mol. The predicted molar refractivity (Wildman–Crippen MR) is 117 cm³/mol. The maximum Gasteiger partial charge on any atom is 0.419 e. The number of hydrogen-bond acceptors (Lipinski definition) is 5. The molecule has 176 valence electrons. The number of esters is 1. The average molecular weight is 472 g/mol. The first-order valence-electron chi connectivity index (χ1n) is 9.79. The summed E-state index contributed by atoms with van der Waals surface area (Å²) in [5.41, 5.74) is 0.106. The van der Waals surface area contributed by atoms with Crippen molar-refractivity contribution in [3.8, 4) is 22.6 Å². The van der Waals surface area contributed by atoms with Gasteiger partial charge in [0.25, 0.3) is 0 Å². The number of aromatic carboxylic acids is 1. The van der Waals surface area contributed by atoms with E-state index in [0.717, 1.165) is 17.2 Å². The molecule has 0 aliphatic rings. The molecule has 3 aromatic rings. The zero-order chi connectivity index (χ0) is 25.0. The third kappa shape index (κ3) is 5.20. The van der Waals surface area contributed by atoms with Crippen LogP contribution in [0.1, 0.15) is 27.0 Å². The largest absolute Gasteiger partial charge is 0.506 e. The molecule has 0 aliphatic heterocycles. The van der Waals surface area contributed by atoms with Crippen LogP contribution in [0.15, 0.2) is 67.2 Å². The maximum absolute atomic E-state index is 13.0. The summed E-state index contributed by atoms with van der Waals surface area (Å²) in [4.78, 5) is 23.0. The molecule has 0 amide bonds. The van der Waals surface area contributed by atoms with Crippen LogP contribution in [0.3, 0.4) is 0 Å². The number of aromatic hydroxyl groups is 1. The van der Waals surface area contributed by atoms with E-state index in [9.17, 15) is 33.0 Å². The number of methoxy groups -OCH3 is 1. The molecule has 0 heterocycles. The molecule has 0 aromatic heterocycles. The third-order valence-electron chi connectivity index (χ3n) is 5.03. The number of benzene rings is 3. The third-order valence-corrected chi connectivity index (χ3v) is 5.03. The van der Waals surface area contributed by atoms with E-state index in [1.165, 1.54) is 7.11 Å². The van der Waals surface area contributed by atoms with Crippen molar-refractivity contribution in [2.24, 2.45) is 0 Å². The van der Waals surface area contributed by atoms with Crippen molar-refractivity contribution in [2.45, 2.75) is 12.8 Å². The van der Waals surface area contributed by atoms with E-state index >= 15 is 0 Å². The SMILES string of the molecule is C=C(C(=O)OC)c1ccc(-c2ccc(OCc3ccc(C(F)(F)F)c(O)c3C(=O)O)cc2)cc1. The van der Waals surface area contributed by atoms with Crippen LogP contribution in [-0.2, 0) is 22.3 Å². The fourth-order valence-electron chi connectivity index (χ4n) is 3.23. The van der Waals surface area contributed by atoms with Gasteiger partial charge in [0.05, 0.1) is 18.2 Å². The number of carbonyl (C=O) groups excluding carboxylic acids is 1. The molecule has 0 radical (unpaired) electrons. The molecule has 9 heteroatoms. The highest BCUT2D eigenvalue weighted by atomic mass is 19.4. The number of ether oxygens (including phenoxy) is 2. The molecular weight excluding hydrogens is 453 g/mol. The van der Waals surface area contributed by atoms with E-state index in [2.05, 4.69) is 11.3 Å². The molecule has 0 unspecified atom stereocenters. The highest BCUT2D eigenvalue weighted by Crippen LogP contribution is 2.39. The van der Waals surface area contributed by atoms with Crippen LogP contribution in [0.2, 0.25) is 0 Å². The normalized spacial score (nSPS) is 11.1. The summed E-state index contributed by atoms with van der Waals surface area (Å²) in [6, 6.07) is 15.3. The fraction of sp³-hybridized carbons (Fsp3) is 0.120.